The summed E-state index contributed by atoms with van der Waals surface area (Å²) in [7, 11) is 1.29. The molecule has 12 nitrogen and oxygen atoms in total. The first-order valence-electron chi connectivity index (χ1n) is 8.45. The molecular formula is C15H27NO11. The Balaban J connectivity index is 2.22. The van der Waals surface area contributed by atoms with Gasteiger partial charge in [-0.05, 0) is 0 Å². The molecule has 27 heavy (non-hydrogen) atoms. The molecule has 0 spiro atoms. The third-order valence-electron chi connectivity index (χ3n) is 4.63. The number of aliphatic hydroxyl groups is 6. The lowest BCUT2D eigenvalue weighted by Crippen LogP contribution is -2.67. The van der Waals surface area contributed by atoms with Crippen molar-refractivity contribution in [3.63, 3.8) is 0 Å². The highest BCUT2D eigenvalue weighted by atomic mass is 16.7. The van der Waals surface area contributed by atoms with Crippen LogP contribution in [0.3, 0.4) is 0 Å². The van der Waals surface area contributed by atoms with Crippen molar-refractivity contribution in [2.45, 2.75) is 68.3 Å². The largest absolute Gasteiger partial charge is 0.394 e. The SMILES string of the molecule is CO[C@@H]1[C@@H](NC(C)=O)[C@H](O)O[C@H](CO)[C@H]1O[C@@H]1O[C@H](CO)[C@H](O)[C@H](O)[C@H]1O. The lowest BCUT2D eigenvalue weighted by Gasteiger charge is -2.47. The summed E-state index contributed by atoms with van der Waals surface area (Å²) in [5.74, 6) is -0.473. The zero-order valence-corrected chi connectivity index (χ0v) is 14.9. The predicted octanol–water partition coefficient (Wildman–Crippen LogP) is -4.60. The van der Waals surface area contributed by atoms with E-state index in [-0.39, 0.29) is 0 Å². The van der Waals surface area contributed by atoms with Crippen LogP contribution >= 0.6 is 0 Å². The van der Waals surface area contributed by atoms with Gasteiger partial charge in [-0.25, -0.2) is 0 Å². The number of amides is 1. The Hall–Kier alpha value is -0.930. The van der Waals surface area contributed by atoms with E-state index in [0.717, 1.165) is 0 Å². The van der Waals surface area contributed by atoms with Crippen molar-refractivity contribution in [2.75, 3.05) is 20.3 Å². The van der Waals surface area contributed by atoms with Crippen LogP contribution in [-0.2, 0) is 23.7 Å². The van der Waals surface area contributed by atoms with Crippen molar-refractivity contribution in [3.8, 4) is 0 Å². The summed E-state index contributed by atoms with van der Waals surface area (Å²) in [5.41, 5.74) is 0. The van der Waals surface area contributed by atoms with Gasteiger partial charge >= 0.3 is 0 Å². The normalized spacial score (nSPS) is 45.5. The molecule has 2 aliphatic rings. The van der Waals surface area contributed by atoms with Crippen LogP contribution < -0.4 is 5.32 Å². The highest BCUT2D eigenvalue weighted by Gasteiger charge is 2.51. The van der Waals surface area contributed by atoms with Gasteiger partial charge in [0.05, 0.1) is 13.2 Å². The third kappa shape index (κ3) is 4.74. The topological polar surface area (TPSA) is 187 Å². The molecule has 0 bridgehead atoms. The molecule has 2 aliphatic heterocycles. The lowest BCUT2D eigenvalue weighted by molar-refractivity contribution is -0.346. The third-order valence-corrected chi connectivity index (χ3v) is 4.63. The van der Waals surface area contributed by atoms with E-state index in [9.17, 15) is 35.4 Å². The second-order valence-electron chi connectivity index (χ2n) is 6.47. The van der Waals surface area contributed by atoms with Crippen LogP contribution in [0.1, 0.15) is 6.92 Å². The van der Waals surface area contributed by atoms with Crippen molar-refractivity contribution in [3.05, 3.63) is 0 Å². The zero-order valence-electron chi connectivity index (χ0n) is 14.9. The van der Waals surface area contributed by atoms with Crippen molar-refractivity contribution in [2.24, 2.45) is 0 Å². The summed E-state index contributed by atoms with van der Waals surface area (Å²) in [5, 5.41) is 61.2. The Bertz CT molecular complexity index is 492. The van der Waals surface area contributed by atoms with E-state index in [1.165, 1.54) is 14.0 Å². The van der Waals surface area contributed by atoms with E-state index < -0.39 is 80.5 Å². The maximum Gasteiger partial charge on any atom is 0.217 e. The fourth-order valence-electron chi connectivity index (χ4n) is 3.23. The molecule has 10 atom stereocenters. The molecule has 0 aromatic rings. The number of hydrogen-bond donors (Lipinski definition) is 7. The van der Waals surface area contributed by atoms with Crippen LogP contribution in [0.4, 0.5) is 0 Å². The number of methoxy groups -OCH3 is 1. The van der Waals surface area contributed by atoms with Gasteiger partial charge in [0, 0.05) is 14.0 Å². The van der Waals surface area contributed by atoms with Gasteiger partial charge in [-0.15, -0.1) is 0 Å². The van der Waals surface area contributed by atoms with E-state index in [0.29, 0.717) is 0 Å². The summed E-state index contributed by atoms with van der Waals surface area (Å²) in [6, 6.07) is -1.05. The van der Waals surface area contributed by atoms with Gasteiger partial charge in [0.25, 0.3) is 0 Å². The monoisotopic (exact) mass is 397 g/mol. The Morgan fingerprint density at radius 1 is 0.963 bits per heavy atom. The van der Waals surface area contributed by atoms with Crippen LogP contribution in [-0.4, -0.2) is 118 Å². The Kier molecular flexibility index (Phi) is 7.88. The average molecular weight is 397 g/mol. The van der Waals surface area contributed by atoms with Crippen molar-refractivity contribution in [1.29, 1.82) is 0 Å². The van der Waals surface area contributed by atoms with Crippen molar-refractivity contribution >= 4 is 5.91 Å². The minimum atomic E-state index is -1.68. The minimum Gasteiger partial charge on any atom is -0.394 e. The van der Waals surface area contributed by atoms with E-state index in [1.54, 1.807) is 0 Å². The van der Waals surface area contributed by atoms with Gasteiger partial charge in [0.1, 0.15) is 48.8 Å². The molecular weight excluding hydrogens is 370 g/mol. The van der Waals surface area contributed by atoms with E-state index in [4.69, 9.17) is 18.9 Å². The first-order valence-corrected chi connectivity index (χ1v) is 8.45. The number of nitrogens with one attached hydrogen (secondary N) is 1. The summed E-state index contributed by atoms with van der Waals surface area (Å²) < 4.78 is 21.5. The summed E-state index contributed by atoms with van der Waals surface area (Å²) in [4.78, 5) is 11.4. The van der Waals surface area contributed by atoms with Crippen molar-refractivity contribution in [1.82, 2.24) is 5.32 Å². The van der Waals surface area contributed by atoms with Gasteiger partial charge in [-0.3, -0.25) is 4.79 Å². The van der Waals surface area contributed by atoms with Crippen LogP contribution in [0.2, 0.25) is 0 Å². The summed E-state index contributed by atoms with van der Waals surface area (Å²) in [6.07, 6.45) is -12.3. The van der Waals surface area contributed by atoms with Gasteiger partial charge in [0.15, 0.2) is 12.6 Å². The van der Waals surface area contributed by atoms with E-state index in [2.05, 4.69) is 5.32 Å². The number of carbonyl (C=O) groups is 1. The molecule has 1 amide bonds. The second-order valence-corrected chi connectivity index (χ2v) is 6.47. The van der Waals surface area contributed by atoms with Gasteiger partial charge in [-0.2, -0.15) is 0 Å². The van der Waals surface area contributed by atoms with Crippen molar-refractivity contribution < 1.29 is 54.4 Å². The summed E-state index contributed by atoms with van der Waals surface area (Å²) >= 11 is 0. The predicted molar refractivity (Wildman–Crippen MR) is 85.0 cm³/mol. The molecule has 2 rings (SSSR count). The first kappa shape index (κ1) is 22.4. The molecule has 0 radical (unpaired) electrons. The fraction of sp³-hybridized carbons (Fsp3) is 0.933. The summed E-state index contributed by atoms with van der Waals surface area (Å²) in [6.45, 7) is -0.00678. The quantitative estimate of drug-likeness (QED) is 0.228. The Morgan fingerprint density at radius 3 is 2.11 bits per heavy atom. The molecule has 2 fully saturated rings. The second kappa shape index (κ2) is 9.52. The van der Waals surface area contributed by atoms with Gasteiger partial charge in [0.2, 0.25) is 5.91 Å². The first-order chi connectivity index (χ1) is 12.7. The van der Waals surface area contributed by atoms with Crippen LogP contribution in [0.25, 0.3) is 0 Å². The number of rotatable bonds is 6. The van der Waals surface area contributed by atoms with Gasteiger partial charge in [-0.1, -0.05) is 0 Å². The molecule has 2 saturated heterocycles. The maximum atomic E-state index is 11.4. The number of ether oxygens (including phenoxy) is 4. The minimum absolute atomic E-state index is 0.473. The highest BCUT2D eigenvalue weighted by Crippen LogP contribution is 2.29. The molecule has 0 aromatic heterocycles. The van der Waals surface area contributed by atoms with Gasteiger partial charge < -0.3 is 54.9 Å². The number of carbonyl (C=O) groups excluding carboxylic acids is 1. The average Bonchev–Trinajstić information content (AvgIpc) is 2.64. The zero-order chi connectivity index (χ0) is 20.3. The molecule has 0 saturated carbocycles. The molecule has 158 valence electrons. The molecule has 7 N–H and O–H groups in total. The van der Waals surface area contributed by atoms with E-state index in [1.807, 2.05) is 0 Å². The molecule has 12 heteroatoms. The fourth-order valence-corrected chi connectivity index (χ4v) is 3.23. The Labute approximate surface area is 155 Å². The maximum absolute atomic E-state index is 11.4. The number of aliphatic hydroxyl groups excluding tert-OH is 6. The van der Waals surface area contributed by atoms with Crippen LogP contribution in [0.15, 0.2) is 0 Å². The highest BCUT2D eigenvalue weighted by molar-refractivity contribution is 5.73. The molecule has 2 heterocycles. The standard InChI is InChI=1S/C15H27NO11/c1-5(19)16-8-13(24-2)12(7(4-18)25-14(8)23)27-15-11(22)10(21)9(20)6(3-17)26-15/h6-15,17-18,20-23H,3-4H2,1-2H3,(H,16,19)/t6-,7-,8-,9+,10+,11-,12-,13-,14-,15+/m1/s1. The smallest absolute Gasteiger partial charge is 0.217 e. The molecule has 0 aromatic carbocycles. The molecule has 0 aliphatic carbocycles. The Morgan fingerprint density at radius 2 is 1.59 bits per heavy atom. The molecule has 0 unspecified atom stereocenters. The van der Waals surface area contributed by atoms with Crippen LogP contribution in [0.5, 0.6) is 0 Å². The van der Waals surface area contributed by atoms with E-state index >= 15 is 0 Å². The van der Waals surface area contributed by atoms with Crippen LogP contribution in [0, 0.1) is 0 Å². The number of hydrogen-bond acceptors (Lipinski definition) is 11. The lowest BCUT2D eigenvalue weighted by atomic mass is 9.95.